The maximum atomic E-state index is 5.57. The summed E-state index contributed by atoms with van der Waals surface area (Å²) in [4.78, 5) is 4.28. The van der Waals surface area contributed by atoms with E-state index in [1.165, 1.54) is 11.1 Å². The minimum atomic E-state index is 0.522. The van der Waals surface area contributed by atoms with Gasteiger partial charge in [0.15, 0.2) is 0 Å². The Hall–Kier alpha value is -2.13. The van der Waals surface area contributed by atoms with Crippen LogP contribution in [-0.4, -0.2) is 18.1 Å². The van der Waals surface area contributed by atoms with Crippen LogP contribution in [0, 0.1) is 0 Å². The summed E-state index contributed by atoms with van der Waals surface area (Å²) in [6.07, 6.45) is 5.88. The normalized spacial score (nSPS) is 10.8. The molecule has 3 nitrogen and oxygen atoms in total. The van der Waals surface area contributed by atoms with Gasteiger partial charge in [0.1, 0.15) is 6.61 Å². The van der Waals surface area contributed by atoms with Crippen molar-refractivity contribution in [3.63, 3.8) is 0 Å². The van der Waals surface area contributed by atoms with Gasteiger partial charge in [0.2, 0.25) is 5.88 Å². The first-order valence-electron chi connectivity index (χ1n) is 6.88. The lowest BCUT2D eigenvalue weighted by Crippen LogP contribution is -2.11. The number of pyridine rings is 1. The maximum Gasteiger partial charge on any atom is 0.213 e. The molecule has 0 aliphatic rings. The van der Waals surface area contributed by atoms with E-state index in [1.807, 2.05) is 48.7 Å². The molecule has 0 spiro atoms. The molecule has 0 saturated carbocycles. The van der Waals surface area contributed by atoms with Gasteiger partial charge < -0.3 is 10.1 Å². The smallest absolute Gasteiger partial charge is 0.213 e. The van der Waals surface area contributed by atoms with Gasteiger partial charge in [-0.15, -0.1) is 0 Å². The summed E-state index contributed by atoms with van der Waals surface area (Å²) in [5.41, 5.74) is 2.34. The van der Waals surface area contributed by atoms with Crippen LogP contribution in [0.5, 0.6) is 5.88 Å². The van der Waals surface area contributed by atoms with E-state index < -0.39 is 0 Å². The lowest BCUT2D eigenvalue weighted by molar-refractivity contribution is 0.349. The van der Waals surface area contributed by atoms with Crippen LogP contribution >= 0.6 is 0 Å². The predicted octanol–water partition coefficient (Wildman–Crippen LogP) is 3.28. The highest BCUT2D eigenvalue weighted by molar-refractivity contribution is 5.48. The van der Waals surface area contributed by atoms with Crippen LogP contribution in [0.3, 0.4) is 0 Å². The molecule has 1 heterocycles. The third kappa shape index (κ3) is 4.86. The third-order valence-electron chi connectivity index (χ3n) is 2.81. The average Bonchev–Trinajstić information content (AvgIpc) is 2.52. The van der Waals surface area contributed by atoms with Crippen LogP contribution in [0.1, 0.15) is 18.1 Å². The van der Waals surface area contributed by atoms with E-state index in [1.54, 1.807) is 0 Å². The summed E-state index contributed by atoms with van der Waals surface area (Å²) >= 11 is 0. The molecule has 3 heteroatoms. The van der Waals surface area contributed by atoms with Crippen LogP contribution in [0.4, 0.5) is 0 Å². The zero-order valence-electron chi connectivity index (χ0n) is 11.8. The second-order valence-electron chi connectivity index (χ2n) is 4.41. The minimum Gasteiger partial charge on any atom is -0.473 e. The van der Waals surface area contributed by atoms with Crippen LogP contribution in [-0.2, 0) is 6.54 Å². The fourth-order valence-corrected chi connectivity index (χ4v) is 1.75. The van der Waals surface area contributed by atoms with Crippen LogP contribution < -0.4 is 10.1 Å². The molecule has 0 radical (unpaired) electrons. The molecule has 104 valence electrons. The standard InChI is InChI=1S/C17H20N2O/c1-2-18-13-16-10-11-17(19-14-16)20-12-6-9-15-7-4-3-5-8-15/h3-11,14,18H,2,12-13H2,1H3. The summed E-state index contributed by atoms with van der Waals surface area (Å²) in [5, 5.41) is 3.26. The Morgan fingerprint density at radius 1 is 1.15 bits per heavy atom. The molecule has 0 fully saturated rings. The van der Waals surface area contributed by atoms with E-state index in [-0.39, 0.29) is 0 Å². The highest BCUT2D eigenvalue weighted by Gasteiger charge is 1.95. The largest absolute Gasteiger partial charge is 0.473 e. The Bertz CT molecular complexity index is 520. The number of ether oxygens (including phenoxy) is 1. The number of hydrogen-bond acceptors (Lipinski definition) is 3. The van der Waals surface area contributed by atoms with Gasteiger partial charge in [-0.05, 0) is 23.7 Å². The third-order valence-corrected chi connectivity index (χ3v) is 2.81. The van der Waals surface area contributed by atoms with Crippen molar-refractivity contribution in [2.75, 3.05) is 13.2 Å². The van der Waals surface area contributed by atoms with Crippen LogP contribution in [0.25, 0.3) is 6.08 Å². The number of benzene rings is 1. The SMILES string of the molecule is CCNCc1ccc(OCC=Cc2ccccc2)nc1. The first-order chi connectivity index (χ1) is 9.88. The quantitative estimate of drug-likeness (QED) is 0.836. The fraction of sp³-hybridized carbons (Fsp3) is 0.235. The van der Waals surface area contributed by atoms with Gasteiger partial charge in [-0.25, -0.2) is 4.98 Å². The Morgan fingerprint density at radius 2 is 2.00 bits per heavy atom. The Balaban J connectivity index is 1.78. The lowest BCUT2D eigenvalue weighted by atomic mass is 10.2. The van der Waals surface area contributed by atoms with E-state index >= 15 is 0 Å². The molecular weight excluding hydrogens is 248 g/mol. The van der Waals surface area contributed by atoms with Gasteiger partial charge in [0.25, 0.3) is 0 Å². The number of nitrogens with zero attached hydrogens (tertiary/aromatic N) is 1. The number of nitrogens with one attached hydrogen (secondary N) is 1. The Labute approximate surface area is 120 Å². The first kappa shape index (κ1) is 14.3. The molecule has 0 aliphatic carbocycles. The lowest BCUT2D eigenvalue weighted by Gasteiger charge is -2.04. The number of aromatic nitrogens is 1. The molecular formula is C17H20N2O. The van der Waals surface area contributed by atoms with Crippen molar-refractivity contribution in [1.82, 2.24) is 10.3 Å². The van der Waals surface area contributed by atoms with Gasteiger partial charge in [-0.2, -0.15) is 0 Å². The summed E-state index contributed by atoms with van der Waals surface area (Å²) in [6.45, 7) is 4.42. The van der Waals surface area contributed by atoms with Gasteiger partial charge in [0.05, 0.1) is 0 Å². The van der Waals surface area contributed by atoms with Crippen molar-refractivity contribution < 1.29 is 4.74 Å². The molecule has 0 saturated heterocycles. The van der Waals surface area contributed by atoms with Crippen molar-refractivity contribution in [1.29, 1.82) is 0 Å². The van der Waals surface area contributed by atoms with Crippen molar-refractivity contribution in [3.05, 3.63) is 65.9 Å². The van der Waals surface area contributed by atoms with E-state index in [0.717, 1.165) is 13.1 Å². The minimum absolute atomic E-state index is 0.522. The summed E-state index contributed by atoms with van der Waals surface area (Å²) < 4.78 is 5.57. The molecule has 0 bridgehead atoms. The Kier molecular flexibility index (Phi) is 5.80. The van der Waals surface area contributed by atoms with Gasteiger partial charge in [-0.3, -0.25) is 0 Å². The van der Waals surface area contributed by atoms with Crippen molar-refractivity contribution in [2.45, 2.75) is 13.5 Å². The van der Waals surface area contributed by atoms with Crippen LogP contribution in [0.2, 0.25) is 0 Å². The Morgan fingerprint density at radius 3 is 2.70 bits per heavy atom. The molecule has 20 heavy (non-hydrogen) atoms. The predicted molar refractivity (Wildman–Crippen MR) is 82.6 cm³/mol. The molecule has 0 unspecified atom stereocenters. The summed E-state index contributed by atoms with van der Waals surface area (Å²) in [6, 6.07) is 14.1. The van der Waals surface area contributed by atoms with Gasteiger partial charge in [0, 0.05) is 18.8 Å². The maximum absolute atomic E-state index is 5.57. The summed E-state index contributed by atoms with van der Waals surface area (Å²) in [5.74, 6) is 0.656. The topological polar surface area (TPSA) is 34.1 Å². The molecule has 1 N–H and O–H groups in total. The van der Waals surface area contributed by atoms with E-state index in [9.17, 15) is 0 Å². The first-order valence-corrected chi connectivity index (χ1v) is 6.88. The fourth-order valence-electron chi connectivity index (χ4n) is 1.75. The monoisotopic (exact) mass is 268 g/mol. The average molecular weight is 268 g/mol. The molecule has 0 atom stereocenters. The molecule has 0 amide bonds. The zero-order valence-corrected chi connectivity index (χ0v) is 11.8. The van der Waals surface area contributed by atoms with E-state index in [4.69, 9.17) is 4.74 Å². The second kappa shape index (κ2) is 8.12. The molecule has 1 aromatic carbocycles. The molecule has 2 rings (SSSR count). The van der Waals surface area contributed by atoms with Gasteiger partial charge in [-0.1, -0.05) is 49.4 Å². The highest BCUT2D eigenvalue weighted by atomic mass is 16.5. The van der Waals surface area contributed by atoms with Crippen LogP contribution in [0.15, 0.2) is 54.7 Å². The summed E-state index contributed by atoms with van der Waals surface area (Å²) in [7, 11) is 0. The van der Waals surface area contributed by atoms with Gasteiger partial charge >= 0.3 is 0 Å². The molecule has 0 aliphatic heterocycles. The highest BCUT2D eigenvalue weighted by Crippen LogP contribution is 2.08. The number of hydrogen-bond donors (Lipinski definition) is 1. The number of rotatable bonds is 7. The zero-order chi connectivity index (χ0) is 14.0. The van der Waals surface area contributed by atoms with Crippen molar-refractivity contribution in [3.8, 4) is 5.88 Å². The van der Waals surface area contributed by atoms with Crippen molar-refractivity contribution >= 4 is 6.08 Å². The molecule has 1 aromatic heterocycles. The van der Waals surface area contributed by atoms with E-state index in [2.05, 4.69) is 29.4 Å². The van der Waals surface area contributed by atoms with Crippen molar-refractivity contribution in [2.24, 2.45) is 0 Å². The second-order valence-corrected chi connectivity index (χ2v) is 4.41. The van der Waals surface area contributed by atoms with E-state index in [0.29, 0.717) is 12.5 Å². The molecule has 2 aromatic rings.